The van der Waals surface area contributed by atoms with Crippen LogP contribution in [0.25, 0.3) is 0 Å². The molecule has 4 nitrogen and oxygen atoms in total. The lowest BCUT2D eigenvalue weighted by molar-refractivity contribution is -0.118. The number of amides is 1. The van der Waals surface area contributed by atoms with Gasteiger partial charge in [-0.1, -0.05) is 29.5 Å². The zero-order valence-corrected chi connectivity index (χ0v) is 13.7. The molecule has 0 radical (unpaired) electrons. The van der Waals surface area contributed by atoms with Crippen molar-refractivity contribution in [2.45, 2.75) is 32.6 Å². The summed E-state index contributed by atoms with van der Waals surface area (Å²) in [6.45, 7) is 7.91. The molecule has 1 rings (SSSR count). The third-order valence-electron chi connectivity index (χ3n) is 2.54. The van der Waals surface area contributed by atoms with Gasteiger partial charge in [0.2, 0.25) is 5.91 Å². The summed E-state index contributed by atoms with van der Waals surface area (Å²) in [5, 5.41) is 2.50. The van der Waals surface area contributed by atoms with E-state index in [0.29, 0.717) is 0 Å². The quantitative estimate of drug-likeness (QED) is 0.865. The molecule has 1 amide bonds. The normalized spacial score (nSPS) is 11.4. The molecule has 0 aromatic heterocycles. The Morgan fingerprint density at radius 1 is 1.19 bits per heavy atom. The van der Waals surface area contributed by atoms with Crippen molar-refractivity contribution in [3.05, 3.63) is 29.8 Å². The van der Waals surface area contributed by atoms with Crippen LogP contribution in [0.15, 0.2) is 29.2 Å². The van der Waals surface area contributed by atoms with Gasteiger partial charge in [0.25, 0.3) is 0 Å². The molecular formula is C16H21NO3S. The van der Waals surface area contributed by atoms with E-state index in [9.17, 15) is 13.2 Å². The van der Waals surface area contributed by atoms with Gasteiger partial charge in [0, 0.05) is 5.41 Å². The first-order valence-electron chi connectivity index (χ1n) is 6.66. The van der Waals surface area contributed by atoms with Crippen LogP contribution >= 0.6 is 0 Å². The minimum Gasteiger partial charge on any atom is -0.344 e. The van der Waals surface area contributed by atoms with Crippen molar-refractivity contribution in [1.82, 2.24) is 5.32 Å². The van der Waals surface area contributed by atoms with Crippen LogP contribution < -0.4 is 5.32 Å². The molecule has 0 atom stereocenters. The third kappa shape index (κ3) is 6.46. The van der Waals surface area contributed by atoms with Crippen LogP contribution in [0.3, 0.4) is 0 Å². The van der Waals surface area contributed by atoms with Gasteiger partial charge < -0.3 is 5.32 Å². The maximum Gasteiger partial charge on any atom is 0.236 e. The topological polar surface area (TPSA) is 63.2 Å². The first kappa shape index (κ1) is 17.3. The van der Waals surface area contributed by atoms with Gasteiger partial charge in [-0.3, -0.25) is 4.79 Å². The molecule has 0 aliphatic heterocycles. The molecule has 0 aliphatic carbocycles. The summed E-state index contributed by atoms with van der Waals surface area (Å²) in [7, 11) is -3.60. The second kappa shape index (κ2) is 6.77. The van der Waals surface area contributed by atoms with Crippen LogP contribution in [-0.4, -0.2) is 26.6 Å². The highest BCUT2D eigenvalue weighted by atomic mass is 32.2. The van der Waals surface area contributed by atoms with E-state index >= 15 is 0 Å². The van der Waals surface area contributed by atoms with Crippen LogP contribution in [0.5, 0.6) is 0 Å². The molecule has 114 valence electrons. The Bertz CT molecular complexity index is 656. The van der Waals surface area contributed by atoms with Gasteiger partial charge in [0.05, 0.1) is 11.4 Å². The summed E-state index contributed by atoms with van der Waals surface area (Å²) in [5.41, 5.74) is 0.828. The van der Waals surface area contributed by atoms with E-state index in [1.165, 1.54) is 12.1 Å². The predicted molar refractivity (Wildman–Crippen MR) is 83.5 cm³/mol. The lowest BCUT2D eigenvalue weighted by Gasteiger charge is -2.07. The molecular weight excluding hydrogens is 286 g/mol. The fraction of sp³-hybridized carbons (Fsp3) is 0.438. The molecule has 21 heavy (non-hydrogen) atoms. The van der Waals surface area contributed by atoms with Crippen molar-refractivity contribution in [3.63, 3.8) is 0 Å². The van der Waals surface area contributed by atoms with E-state index in [2.05, 4.69) is 17.2 Å². The van der Waals surface area contributed by atoms with Crippen LogP contribution in [0.2, 0.25) is 0 Å². The maximum absolute atomic E-state index is 12.0. The molecule has 1 N–H and O–H groups in total. The monoisotopic (exact) mass is 307 g/mol. The second-order valence-corrected chi connectivity index (χ2v) is 7.89. The van der Waals surface area contributed by atoms with Crippen molar-refractivity contribution in [1.29, 1.82) is 0 Å². The van der Waals surface area contributed by atoms with Gasteiger partial charge in [-0.2, -0.15) is 0 Å². The number of carbonyl (C=O) groups excluding carboxylic acids is 1. The summed E-state index contributed by atoms with van der Waals surface area (Å²) >= 11 is 0. The Kier molecular flexibility index (Phi) is 5.56. The average molecular weight is 307 g/mol. The molecule has 0 spiro atoms. The van der Waals surface area contributed by atoms with E-state index in [1.807, 2.05) is 27.7 Å². The van der Waals surface area contributed by atoms with E-state index in [0.717, 1.165) is 5.56 Å². The summed E-state index contributed by atoms with van der Waals surface area (Å²) < 4.78 is 24.1. The lowest BCUT2D eigenvalue weighted by Crippen LogP contribution is -2.30. The lowest BCUT2D eigenvalue weighted by atomic mass is 9.98. The number of aryl methyl sites for hydroxylation is 1. The van der Waals surface area contributed by atoms with E-state index in [-0.39, 0.29) is 16.9 Å². The van der Waals surface area contributed by atoms with Gasteiger partial charge in [-0.05, 0) is 39.8 Å². The second-order valence-electron chi connectivity index (χ2n) is 5.90. The zero-order chi connectivity index (χ0) is 16.1. The van der Waals surface area contributed by atoms with Crippen molar-refractivity contribution in [2.24, 2.45) is 5.41 Å². The van der Waals surface area contributed by atoms with Gasteiger partial charge >= 0.3 is 0 Å². The van der Waals surface area contributed by atoms with E-state index in [1.54, 1.807) is 12.1 Å². The van der Waals surface area contributed by atoms with Crippen LogP contribution in [0.1, 0.15) is 26.3 Å². The van der Waals surface area contributed by atoms with Crippen molar-refractivity contribution in [2.75, 3.05) is 12.3 Å². The molecule has 0 unspecified atom stereocenters. The molecule has 0 heterocycles. The Balaban J connectivity index is 2.61. The average Bonchev–Trinajstić information content (AvgIpc) is 2.33. The fourth-order valence-electron chi connectivity index (χ4n) is 1.50. The highest BCUT2D eigenvalue weighted by molar-refractivity contribution is 7.92. The Morgan fingerprint density at radius 2 is 1.76 bits per heavy atom. The SMILES string of the molecule is Cc1ccc(S(=O)(=O)CC(=O)NCC#CC(C)(C)C)cc1. The molecule has 0 saturated heterocycles. The number of hydrogen-bond donors (Lipinski definition) is 1. The Morgan fingerprint density at radius 3 is 2.29 bits per heavy atom. The van der Waals surface area contributed by atoms with Gasteiger partial charge in [0.15, 0.2) is 9.84 Å². The van der Waals surface area contributed by atoms with Gasteiger partial charge in [0.1, 0.15) is 5.75 Å². The zero-order valence-electron chi connectivity index (χ0n) is 12.9. The number of rotatable bonds is 4. The van der Waals surface area contributed by atoms with Gasteiger partial charge in [-0.15, -0.1) is 0 Å². The van der Waals surface area contributed by atoms with Crippen molar-refractivity contribution in [3.8, 4) is 11.8 Å². The molecule has 0 saturated carbocycles. The first-order valence-corrected chi connectivity index (χ1v) is 8.31. The van der Waals surface area contributed by atoms with E-state index in [4.69, 9.17) is 0 Å². The Labute approximate surface area is 126 Å². The highest BCUT2D eigenvalue weighted by Crippen LogP contribution is 2.12. The molecule has 5 heteroatoms. The summed E-state index contributed by atoms with van der Waals surface area (Å²) in [6, 6.07) is 6.44. The minimum absolute atomic E-state index is 0.140. The predicted octanol–water partition coefficient (Wildman–Crippen LogP) is 1.93. The van der Waals surface area contributed by atoms with Crippen LogP contribution in [-0.2, 0) is 14.6 Å². The summed E-state index contributed by atoms with van der Waals surface area (Å²) in [5.74, 6) is 4.67. The number of hydrogen-bond acceptors (Lipinski definition) is 3. The van der Waals surface area contributed by atoms with Crippen LogP contribution in [0, 0.1) is 24.2 Å². The molecule has 1 aromatic rings. The highest BCUT2D eigenvalue weighted by Gasteiger charge is 2.18. The summed E-state index contributed by atoms with van der Waals surface area (Å²) in [6.07, 6.45) is 0. The maximum atomic E-state index is 12.0. The van der Waals surface area contributed by atoms with Crippen molar-refractivity contribution < 1.29 is 13.2 Å². The molecule has 0 aliphatic rings. The largest absolute Gasteiger partial charge is 0.344 e. The van der Waals surface area contributed by atoms with Crippen LogP contribution in [0.4, 0.5) is 0 Å². The fourth-order valence-corrected chi connectivity index (χ4v) is 2.67. The molecule has 1 aromatic carbocycles. The van der Waals surface area contributed by atoms with E-state index < -0.39 is 21.5 Å². The smallest absolute Gasteiger partial charge is 0.236 e. The number of nitrogens with one attached hydrogen (secondary N) is 1. The third-order valence-corrected chi connectivity index (χ3v) is 4.17. The summed E-state index contributed by atoms with van der Waals surface area (Å²) in [4.78, 5) is 11.8. The standard InChI is InChI=1S/C16H21NO3S/c1-13-6-8-14(9-7-13)21(19,20)12-15(18)17-11-5-10-16(2,3)4/h6-9H,11-12H2,1-4H3,(H,17,18). The first-order chi connectivity index (χ1) is 9.60. The number of carbonyl (C=O) groups is 1. The number of benzene rings is 1. The molecule has 0 bridgehead atoms. The number of sulfone groups is 1. The molecule has 0 fully saturated rings. The Hall–Kier alpha value is -1.80. The minimum atomic E-state index is -3.60. The van der Waals surface area contributed by atoms with Crippen molar-refractivity contribution >= 4 is 15.7 Å². The van der Waals surface area contributed by atoms with Gasteiger partial charge in [-0.25, -0.2) is 8.42 Å².